The van der Waals surface area contributed by atoms with Gasteiger partial charge in [0.1, 0.15) is 5.75 Å². The summed E-state index contributed by atoms with van der Waals surface area (Å²) >= 11 is 1.31. The van der Waals surface area contributed by atoms with Crippen molar-refractivity contribution in [3.05, 3.63) is 90.0 Å². The van der Waals surface area contributed by atoms with Crippen molar-refractivity contribution < 1.29 is 9.53 Å². The SMILES string of the molecule is CCOc1ccc(/C=N\NC(=O)CSc2nnc(-c3ccc(C(C)(C)C)cc3)n2-c2ccccc2)cc1. The molecule has 7 nitrogen and oxygen atoms in total. The number of nitrogens with one attached hydrogen (secondary N) is 1. The zero-order valence-electron chi connectivity index (χ0n) is 21.5. The smallest absolute Gasteiger partial charge is 0.250 e. The molecule has 0 atom stereocenters. The van der Waals surface area contributed by atoms with Crippen LogP contribution in [-0.4, -0.2) is 39.2 Å². The lowest BCUT2D eigenvalue weighted by molar-refractivity contribution is -0.118. The van der Waals surface area contributed by atoms with Gasteiger partial charge in [-0.1, -0.05) is 75.0 Å². The van der Waals surface area contributed by atoms with Gasteiger partial charge < -0.3 is 4.74 Å². The number of carbonyl (C=O) groups excluding carboxylic acids is 1. The van der Waals surface area contributed by atoms with Gasteiger partial charge in [-0.15, -0.1) is 10.2 Å². The molecule has 190 valence electrons. The van der Waals surface area contributed by atoms with Crippen molar-refractivity contribution in [1.29, 1.82) is 0 Å². The van der Waals surface area contributed by atoms with Crippen LogP contribution in [0.3, 0.4) is 0 Å². The van der Waals surface area contributed by atoms with Gasteiger partial charge in [-0.3, -0.25) is 9.36 Å². The molecule has 0 saturated carbocycles. The number of amides is 1. The van der Waals surface area contributed by atoms with E-state index >= 15 is 0 Å². The van der Waals surface area contributed by atoms with E-state index < -0.39 is 0 Å². The number of hydrogen-bond donors (Lipinski definition) is 1. The van der Waals surface area contributed by atoms with Crippen molar-refractivity contribution in [2.75, 3.05) is 12.4 Å². The van der Waals surface area contributed by atoms with Crippen LogP contribution in [0.4, 0.5) is 0 Å². The number of nitrogens with zero attached hydrogens (tertiary/aromatic N) is 4. The first-order chi connectivity index (χ1) is 17.8. The molecule has 0 radical (unpaired) electrons. The van der Waals surface area contributed by atoms with Gasteiger partial charge in [0.05, 0.1) is 18.6 Å². The maximum atomic E-state index is 12.5. The second-order valence-electron chi connectivity index (χ2n) is 9.39. The average molecular weight is 514 g/mol. The summed E-state index contributed by atoms with van der Waals surface area (Å²) in [5.74, 6) is 1.44. The Morgan fingerprint density at radius 1 is 1.00 bits per heavy atom. The van der Waals surface area contributed by atoms with Gasteiger partial charge in [-0.2, -0.15) is 5.10 Å². The molecule has 0 aliphatic carbocycles. The molecule has 8 heteroatoms. The van der Waals surface area contributed by atoms with Crippen molar-refractivity contribution in [2.45, 2.75) is 38.3 Å². The van der Waals surface area contributed by atoms with E-state index in [0.29, 0.717) is 11.8 Å². The van der Waals surface area contributed by atoms with E-state index in [4.69, 9.17) is 4.74 Å². The van der Waals surface area contributed by atoms with E-state index in [1.165, 1.54) is 17.3 Å². The molecule has 0 spiro atoms. The fourth-order valence-corrected chi connectivity index (χ4v) is 4.38. The number of benzene rings is 3. The third kappa shape index (κ3) is 6.86. The van der Waals surface area contributed by atoms with E-state index in [-0.39, 0.29) is 17.1 Å². The molecule has 0 bridgehead atoms. The van der Waals surface area contributed by atoms with Gasteiger partial charge in [0.25, 0.3) is 5.91 Å². The van der Waals surface area contributed by atoms with Crippen molar-refractivity contribution in [1.82, 2.24) is 20.2 Å². The molecule has 3 aromatic carbocycles. The number of carbonyl (C=O) groups is 1. The Kier molecular flexibility index (Phi) is 8.40. The summed E-state index contributed by atoms with van der Waals surface area (Å²) in [5, 5.41) is 13.6. The molecule has 1 heterocycles. The highest BCUT2D eigenvalue weighted by molar-refractivity contribution is 7.99. The average Bonchev–Trinajstić information content (AvgIpc) is 3.33. The summed E-state index contributed by atoms with van der Waals surface area (Å²) in [5.41, 5.74) is 6.65. The van der Waals surface area contributed by atoms with E-state index in [2.05, 4.69) is 65.8 Å². The summed E-state index contributed by atoms with van der Waals surface area (Å²) in [6.45, 7) is 9.13. The van der Waals surface area contributed by atoms with Gasteiger partial charge in [0.15, 0.2) is 11.0 Å². The molecule has 0 saturated heterocycles. The van der Waals surface area contributed by atoms with Crippen LogP contribution in [0.15, 0.2) is 89.1 Å². The number of ether oxygens (including phenoxy) is 1. The predicted molar refractivity (Wildman–Crippen MR) is 150 cm³/mol. The fourth-order valence-electron chi connectivity index (χ4n) is 3.64. The first-order valence-electron chi connectivity index (χ1n) is 12.1. The normalized spacial score (nSPS) is 11.6. The standard InChI is InChI=1S/C29H31N5O2S/c1-5-36-25-17-11-21(12-18-25)19-30-31-26(35)20-37-28-33-32-27(34(28)24-9-7-6-8-10-24)22-13-15-23(16-14-22)29(2,3)4/h6-19H,5,20H2,1-4H3,(H,31,35)/b30-19-. The number of thioether (sulfide) groups is 1. The van der Waals surface area contributed by atoms with E-state index in [9.17, 15) is 4.79 Å². The lowest BCUT2D eigenvalue weighted by atomic mass is 9.87. The molecular formula is C29H31N5O2S. The Morgan fingerprint density at radius 2 is 1.70 bits per heavy atom. The molecule has 1 amide bonds. The highest BCUT2D eigenvalue weighted by Gasteiger charge is 2.19. The summed E-state index contributed by atoms with van der Waals surface area (Å²) in [6.07, 6.45) is 1.60. The van der Waals surface area contributed by atoms with E-state index in [1.807, 2.05) is 66.1 Å². The van der Waals surface area contributed by atoms with Crippen LogP contribution in [0.2, 0.25) is 0 Å². The molecule has 1 N–H and O–H groups in total. The molecule has 1 aromatic heterocycles. The maximum Gasteiger partial charge on any atom is 0.250 e. The summed E-state index contributed by atoms with van der Waals surface area (Å²) in [7, 11) is 0. The van der Waals surface area contributed by atoms with Crippen LogP contribution in [0.1, 0.15) is 38.8 Å². The van der Waals surface area contributed by atoms with Crippen molar-refractivity contribution in [3.63, 3.8) is 0 Å². The molecule has 37 heavy (non-hydrogen) atoms. The summed E-state index contributed by atoms with van der Waals surface area (Å²) < 4.78 is 7.42. The zero-order valence-corrected chi connectivity index (χ0v) is 22.3. The molecule has 4 rings (SSSR count). The van der Waals surface area contributed by atoms with Gasteiger partial charge >= 0.3 is 0 Å². The fraction of sp³-hybridized carbons (Fsp3) is 0.241. The minimum atomic E-state index is -0.231. The van der Waals surface area contributed by atoms with Crippen molar-refractivity contribution in [3.8, 4) is 22.8 Å². The number of aromatic nitrogens is 3. The number of hydrogen-bond acceptors (Lipinski definition) is 6. The Morgan fingerprint density at radius 3 is 2.35 bits per heavy atom. The largest absolute Gasteiger partial charge is 0.494 e. The zero-order chi connectivity index (χ0) is 26.3. The third-order valence-corrected chi connectivity index (χ3v) is 6.51. The first kappa shape index (κ1) is 26.2. The van der Waals surface area contributed by atoms with Crippen LogP contribution in [0.25, 0.3) is 17.1 Å². The Hall–Kier alpha value is -3.91. The summed E-state index contributed by atoms with van der Waals surface area (Å²) in [6, 6.07) is 25.8. The molecule has 0 fully saturated rings. The van der Waals surface area contributed by atoms with E-state index in [0.717, 1.165) is 28.4 Å². The van der Waals surface area contributed by atoms with E-state index in [1.54, 1.807) is 6.21 Å². The lowest BCUT2D eigenvalue weighted by Gasteiger charge is -2.19. The molecule has 4 aromatic rings. The summed E-state index contributed by atoms with van der Waals surface area (Å²) in [4.78, 5) is 12.5. The molecule has 0 aliphatic heterocycles. The number of para-hydroxylation sites is 1. The van der Waals surface area contributed by atoms with Crippen LogP contribution >= 0.6 is 11.8 Å². The van der Waals surface area contributed by atoms with Crippen LogP contribution in [0.5, 0.6) is 5.75 Å². The monoisotopic (exact) mass is 513 g/mol. The third-order valence-electron chi connectivity index (χ3n) is 5.58. The highest BCUT2D eigenvalue weighted by Crippen LogP contribution is 2.30. The van der Waals surface area contributed by atoms with Gasteiger partial charge in [0, 0.05) is 11.3 Å². The second-order valence-corrected chi connectivity index (χ2v) is 10.3. The van der Waals surface area contributed by atoms with Crippen LogP contribution in [-0.2, 0) is 10.2 Å². The number of hydrazone groups is 1. The maximum absolute atomic E-state index is 12.5. The first-order valence-corrected chi connectivity index (χ1v) is 13.1. The van der Waals surface area contributed by atoms with Crippen molar-refractivity contribution >= 4 is 23.9 Å². The minimum absolute atomic E-state index is 0.0649. The topological polar surface area (TPSA) is 81.4 Å². The van der Waals surface area contributed by atoms with Gasteiger partial charge in [0.2, 0.25) is 0 Å². The predicted octanol–water partition coefficient (Wildman–Crippen LogP) is 5.87. The van der Waals surface area contributed by atoms with Gasteiger partial charge in [-0.05, 0) is 59.9 Å². The molecular weight excluding hydrogens is 482 g/mol. The molecule has 0 unspecified atom stereocenters. The van der Waals surface area contributed by atoms with Crippen LogP contribution in [0, 0.1) is 0 Å². The minimum Gasteiger partial charge on any atom is -0.494 e. The lowest BCUT2D eigenvalue weighted by Crippen LogP contribution is -2.20. The number of rotatable bonds is 9. The van der Waals surface area contributed by atoms with Crippen LogP contribution < -0.4 is 10.2 Å². The quantitative estimate of drug-likeness (QED) is 0.172. The Balaban J connectivity index is 1.47. The highest BCUT2D eigenvalue weighted by atomic mass is 32.2. The second kappa shape index (κ2) is 11.9. The van der Waals surface area contributed by atoms with Gasteiger partial charge in [-0.25, -0.2) is 5.43 Å². The van der Waals surface area contributed by atoms with Crippen molar-refractivity contribution in [2.24, 2.45) is 5.10 Å². The molecule has 0 aliphatic rings. The Labute approximate surface area is 222 Å². The Bertz CT molecular complexity index is 1340.